The second-order valence-electron chi connectivity index (χ2n) is 5.06. The highest BCUT2D eigenvalue weighted by atomic mass is 16.4. The molecule has 0 saturated heterocycles. The Labute approximate surface area is 126 Å². The van der Waals surface area contributed by atoms with E-state index in [1.54, 1.807) is 19.1 Å². The van der Waals surface area contributed by atoms with Crippen LogP contribution in [-0.4, -0.2) is 15.6 Å². The number of hydrogen-bond donors (Lipinski definition) is 1. The molecule has 0 atom stereocenters. The number of aromatic nitrogens is 2. The average molecular weight is 297 g/mol. The lowest BCUT2D eigenvalue weighted by Gasteiger charge is -2.07. The summed E-state index contributed by atoms with van der Waals surface area (Å²) in [5, 5.41) is 2.72. The zero-order valence-electron chi connectivity index (χ0n) is 12.3. The third-order valence-electron chi connectivity index (χ3n) is 3.46. The Hall–Kier alpha value is -2.89. The molecule has 6 heteroatoms. The van der Waals surface area contributed by atoms with Crippen molar-refractivity contribution in [1.82, 2.24) is 14.9 Å². The smallest absolute Gasteiger partial charge is 0.406 e. The van der Waals surface area contributed by atoms with Gasteiger partial charge in [-0.1, -0.05) is 24.3 Å². The molecule has 0 radical (unpaired) electrons. The molecular weight excluding hydrogens is 282 g/mol. The molecule has 3 aromatic rings. The largest absolute Gasteiger partial charge is 0.429 e. The van der Waals surface area contributed by atoms with Crippen LogP contribution in [0.5, 0.6) is 0 Å². The molecule has 0 aliphatic rings. The Morgan fingerprint density at radius 1 is 1.23 bits per heavy atom. The number of pyridine rings is 1. The minimum atomic E-state index is -0.740. The lowest BCUT2D eigenvalue weighted by atomic mass is 10.1. The molecule has 0 aliphatic heterocycles. The van der Waals surface area contributed by atoms with E-state index in [1.165, 1.54) is 0 Å². The van der Waals surface area contributed by atoms with Crippen molar-refractivity contribution in [3.63, 3.8) is 0 Å². The van der Waals surface area contributed by atoms with Gasteiger partial charge in [0.15, 0.2) is 11.2 Å². The maximum Gasteiger partial charge on any atom is 0.429 e. The fourth-order valence-corrected chi connectivity index (χ4v) is 2.23. The van der Waals surface area contributed by atoms with Gasteiger partial charge in [-0.2, -0.15) is 4.57 Å². The SMILES string of the molecule is Cc1ccc2oc(=O)n(C(=O)NCc3ccccc3C)c2n1. The summed E-state index contributed by atoms with van der Waals surface area (Å²) in [6.45, 7) is 4.08. The second-order valence-corrected chi connectivity index (χ2v) is 5.06. The van der Waals surface area contributed by atoms with Crippen molar-refractivity contribution in [3.05, 3.63) is 63.8 Å². The molecule has 0 unspecified atom stereocenters. The summed E-state index contributed by atoms with van der Waals surface area (Å²) < 4.78 is 5.95. The first-order valence-corrected chi connectivity index (χ1v) is 6.88. The van der Waals surface area contributed by atoms with Crippen LogP contribution in [0, 0.1) is 13.8 Å². The van der Waals surface area contributed by atoms with Gasteiger partial charge < -0.3 is 9.73 Å². The Kier molecular flexibility index (Phi) is 3.50. The fraction of sp³-hybridized carbons (Fsp3) is 0.188. The van der Waals surface area contributed by atoms with E-state index < -0.39 is 11.8 Å². The van der Waals surface area contributed by atoms with Crippen LogP contribution in [-0.2, 0) is 6.54 Å². The number of aryl methyl sites for hydroxylation is 2. The highest BCUT2D eigenvalue weighted by molar-refractivity contribution is 5.85. The highest BCUT2D eigenvalue weighted by Gasteiger charge is 2.17. The first kappa shape index (κ1) is 14.1. The van der Waals surface area contributed by atoms with Crippen molar-refractivity contribution in [2.75, 3.05) is 0 Å². The third kappa shape index (κ3) is 2.50. The molecule has 0 aliphatic carbocycles. The monoisotopic (exact) mass is 297 g/mol. The van der Waals surface area contributed by atoms with Crippen molar-refractivity contribution in [3.8, 4) is 0 Å². The van der Waals surface area contributed by atoms with Gasteiger partial charge in [0.1, 0.15) is 0 Å². The predicted molar refractivity (Wildman–Crippen MR) is 81.8 cm³/mol. The normalized spacial score (nSPS) is 10.8. The lowest BCUT2D eigenvalue weighted by Crippen LogP contribution is -2.34. The van der Waals surface area contributed by atoms with Gasteiger partial charge in [-0.15, -0.1) is 0 Å². The van der Waals surface area contributed by atoms with Crippen molar-refractivity contribution in [2.45, 2.75) is 20.4 Å². The molecule has 1 amide bonds. The minimum Gasteiger partial charge on any atom is -0.406 e. The van der Waals surface area contributed by atoms with Crippen LogP contribution in [0.15, 0.2) is 45.6 Å². The Morgan fingerprint density at radius 2 is 2.00 bits per heavy atom. The number of hydrogen-bond acceptors (Lipinski definition) is 4. The number of carbonyl (C=O) groups excluding carboxylic acids is 1. The number of carbonyl (C=O) groups is 1. The zero-order valence-corrected chi connectivity index (χ0v) is 12.3. The number of fused-ring (bicyclic) bond motifs is 1. The van der Waals surface area contributed by atoms with Crippen molar-refractivity contribution >= 4 is 17.3 Å². The van der Waals surface area contributed by atoms with Crippen LogP contribution in [0.1, 0.15) is 16.8 Å². The Morgan fingerprint density at radius 3 is 2.77 bits per heavy atom. The molecule has 3 rings (SSSR count). The maximum absolute atomic E-state index is 12.3. The van der Waals surface area contributed by atoms with E-state index in [0.29, 0.717) is 17.8 Å². The first-order chi connectivity index (χ1) is 10.6. The van der Waals surface area contributed by atoms with Crippen molar-refractivity contribution < 1.29 is 9.21 Å². The van der Waals surface area contributed by atoms with Crippen LogP contribution in [0.25, 0.3) is 11.2 Å². The van der Waals surface area contributed by atoms with E-state index in [0.717, 1.165) is 15.7 Å². The molecule has 0 fully saturated rings. The van der Waals surface area contributed by atoms with E-state index in [1.807, 2.05) is 31.2 Å². The van der Waals surface area contributed by atoms with E-state index in [9.17, 15) is 9.59 Å². The molecule has 22 heavy (non-hydrogen) atoms. The van der Waals surface area contributed by atoms with Crippen LogP contribution < -0.4 is 11.1 Å². The van der Waals surface area contributed by atoms with Gasteiger partial charge in [-0.25, -0.2) is 14.6 Å². The number of nitrogens with zero attached hydrogens (tertiary/aromatic N) is 2. The molecular formula is C16H15N3O3. The van der Waals surface area contributed by atoms with E-state index >= 15 is 0 Å². The van der Waals surface area contributed by atoms with Crippen LogP contribution in [0.4, 0.5) is 4.79 Å². The second kappa shape index (κ2) is 5.48. The van der Waals surface area contributed by atoms with Gasteiger partial charge in [0.2, 0.25) is 0 Å². The summed E-state index contributed by atoms with van der Waals surface area (Å²) in [5.41, 5.74) is 3.28. The molecule has 1 N–H and O–H groups in total. The van der Waals surface area contributed by atoms with Crippen molar-refractivity contribution in [2.24, 2.45) is 0 Å². The summed E-state index contributed by atoms with van der Waals surface area (Å²) in [6, 6.07) is 10.5. The lowest BCUT2D eigenvalue weighted by molar-refractivity contribution is 0.240. The molecule has 2 heterocycles. The summed E-state index contributed by atoms with van der Waals surface area (Å²) in [5.74, 6) is -0.740. The first-order valence-electron chi connectivity index (χ1n) is 6.88. The van der Waals surface area contributed by atoms with E-state index in [2.05, 4.69) is 10.3 Å². The number of oxazole rings is 1. The topological polar surface area (TPSA) is 77.1 Å². The molecule has 0 saturated carbocycles. The Balaban J connectivity index is 1.90. The molecule has 112 valence electrons. The molecule has 0 spiro atoms. The van der Waals surface area contributed by atoms with Gasteiger partial charge in [0.05, 0.1) is 0 Å². The van der Waals surface area contributed by atoms with Crippen molar-refractivity contribution in [1.29, 1.82) is 0 Å². The number of benzene rings is 1. The number of nitrogens with one attached hydrogen (secondary N) is 1. The molecule has 1 aromatic carbocycles. The number of rotatable bonds is 2. The van der Waals surface area contributed by atoms with E-state index in [-0.39, 0.29) is 5.65 Å². The molecule has 6 nitrogen and oxygen atoms in total. The van der Waals surface area contributed by atoms with Crippen LogP contribution in [0.2, 0.25) is 0 Å². The fourth-order valence-electron chi connectivity index (χ4n) is 2.23. The summed E-state index contributed by atoms with van der Waals surface area (Å²) in [6.07, 6.45) is 0. The summed E-state index contributed by atoms with van der Waals surface area (Å²) in [7, 11) is 0. The predicted octanol–water partition coefficient (Wildman–Crippen LogP) is 2.36. The van der Waals surface area contributed by atoms with Gasteiger partial charge in [0, 0.05) is 12.2 Å². The van der Waals surface area contributed by atoms with Gasteiger partial charge in [0.25, 0.3) is 0 Å². The molecule has 0 bridgehead atoms. The minimum absolute atomic E-state index is 0.229. The van der Waals surface area contributed by atoms with Crippen LogP contribution >= 0.6 is 0 Å². The summed E-state index contributed by atoms with van der Waals surface area (Å²) >= 11 is 0. The standard InChI is InChI=1S/C16H15N3O3/c1-10-5-3-4-6-12(10)9-17-15(20)19-14-13(22-16(19)21)8-7-11(2)18-14/h3-8H,9H2,1-2H3,(H,17,20). The highest BCUT2D eigenvalue weighted by Crippen LogP contribution is 2.11. The third-order valence-corrected chi connectivity index (χ3v) is 3.46. The van der Waals surface area contributed by atoms with Gasteiger partial charge in [-0.05, 0) is 37.1 Å². The van der Waals surface area contributed by atoms with Crippen LogP contribution in [0.3, 0.4) is 0 Å². The van der Waals surface area contributed by atoms with Gasteiger partial charge in [-0.3, -0.25) is 0 Å². The maximum atomic E-state index is 12.3. The molecule has 2 aromatic heterocycles. The van der Waals surface area contributed by atoms with Gasteiger partial charge >= 0.3 is 11.8 Å². The van der Waals surface area contributed by atoms with E-state index in [4.69, 9.17) is 4.42 Å². The average Bonchev–Trinajstić information content (AvgIpc) is 2.81. The summed E-state index contributed by atoms with van der Waals surface area (Å²) in [4.78, 5) is 28.4. The quantitative estimate of drug-likeness (QED) is 0.787. The Bertz CT molecular complexity index is 908. The number of amides is 1. The zero-order chi connectivity index (χ0) is 15.7.